The van der Waals surface area contributed by atoms with Crippen LogP contribution >= 0.6 is 0 Å². The fraction of sp³-hybridized carbons (Fsp3) is 0.438. The molecular formula is C16H23N3. The third-order valence-electron chi connectivity index (χ3n) is 3.44. The topological polar surface area (TPSA) is 29.9 Å². The van der Waals surface area contributed by atoms with Crippen molar-refractivity contribution in [3.8, 4) is 0 Å². The van der Waals surface area contributed by atoms with Gasteiger partial charge in [-0.25, -0.2) is 4.98 Å². The van der Waals surface area contributed by atoms with E-state index in [0.717, 1.165) is 13.0 Å². The van der Waals surface area contributed by atoms with Gasteiger partial charge in [0.15, 0.2) is 0 Å². The van der Waals surface area contributed by atoms with Crippen molar-refractivity contribution in [2.24, 2.45) is 0 Å². The van der Waals surface area contributed by atoms with E-state index in [-0.39, 0.29) is 0 Å². The minimum absolute atomic E-state index is 0.400. The highest BCUT2D eigenvalue weighted by Crippen LogP contribution is 2.17. The molecule has 0 bridgehead atoms. The first-order valence-electron chi connectivity index (χ1n) is 7.01. The van der Waals surface area contributed by atoms with Crippen molar-refractivity contribution in [1.82, 2.24) is 14.9 Å². The highest BCUT2D eigenvalue weighted by atomic mass is 15.1. The van der Waals surface area contributed by atoms with E-state index in [9.17, 15) is 0 Å². The van der Waals surface area contributed by atoms with Crippen LogP contribution in [0.4, 0.5) is 0 Å². The van der Waals surface area contributed by atoms with Crippen molar-refractivity contribution in [2.45, 2.75) is 45.8 Å². The molecule has 3 heteroatoms. The summed E-state index contributed by atoms with van der Waals surface area (Å²) in [6, 6.07) is 11.5. The lowest BCUT2D eigenvalue weighted by Crippen LogP contribution is -2.22. The van der Waals surface area contributed by atoms with E-state index in [2.05, 4.69) is 66.0 Å². The lowest BCUT2D eigenvalue weighted by Gasteiger charge is -2.19. The summed E-state index contributed by atoms with van der Waals surface area (Å²) in [4.78, 5) is 4.24. The van der Waals surface area contributed by atoms with E-state index >= 15 is 0 Å². The summed E-state index contributed by atoms with van der Waals surface area (Å²) in [7, 11) is 0. The van der Waals surface area contributed by atoms with E-state index in [4.69, 9.17) is 0 Å². The number of nitrogens with zero attached hydrogens (tertiary/aromatic N) is 2. The van der Waals surface area contributed by atoms with Crippen LogP contribution in [0.1, 0.15) is 50.5 Å². The maximum Gasteiger partial charge on any atom is 0.0951 e. The zero-order valence-electron chi connectivity index (χ0n) is 12.0. The van der Waals surface area contributed by atoms with Crippen LogP contribution in [0.3, 0.4) is 0 Å². The summed E-state index contributed by atoms with van der Waals surface area (Å²) in [6.07, 6.45) is 4.94. The highest BCUT2D eigenvalue weighted by molar-refractivity contribution is 5.18. The maximum atomic E-state index is 4.24. The van der Waals surface area contributed by atoms with Crippen LogP contribution in [0, 0.1) is 0 Å². The van der Waals surface area contributed by atoms with Gasteiger partial charge in [-0.1, -0.05) is 37.3 Å². The Morgan fingerprint density at radius 3 is 2.58 bits per heavy atom. The van der Waals surface area contributed by atoms with Gasteiger partial charge in [0.25, 0.3) is 0 Å². The van der Waals surface area contributed by atoms with Gasteiger partial charge in [-0.15, -0.1) is 0 Å². The monoisotopic (exact) mass is 257 g/mol. The molecule has 0 aliphatic heterocycles. The molecule has 19 heavy (non-hydrogen) atoms. The van der Waals surface area contributed by atoms with Crippen molar-refractivity contribution in [1.29, 1.82) is 0 Å². The number of aromatic nitrogens is 2. The first-order chi connectivity index (χ1) is 9.22. The quantitative estimate of drug-likeness (QED) is 0.855. The second kappa shape index (κ2) is 6.53. The number of benzene rings is 1. The van der Waals surface area contributed by atoms with E-state index in [1.54, 1.807) is 0 Å². The largest absolute Gasteiger partial charge is 0.331 e. The normalized spacial score (nSPS) is 12.8. The van der Waals surface area contributed by atoms with E-state index in [1.807, 2.05) is 12.5 Å². The van der Waals surface area contributed by atoms with Gasteiger partial charge in [-0.05, 0) is 25.8 Å². The Hall–Kier alpha value is -1.61. The lowest BCUT2D eigenvalue weighted by molar-refractivity contribution is 0.488. The van der Waals surface area contributed by atoms with Gasteiger partial charge in [-0.2, -0.15) is 0 Å². The molecule has 1 heterocycles. The molecule has 3 nitrogen and oxygen atoms in total. The van der Waals surface area contributed by atoms with Crippen molar-refractivity contribution < 1.29 is 0 Å². The zero-order valence-corrected chi connectivity index (χ0v) is 12.0. The van der Waals surface area contributed by atoms with Gasteiger partial charge in [-0.3, -0.25) is 0 Å². The molecule has 0 amide bonds. The summed E-state index contributed by atoms with van der Waals surface area (Å²) >= 11 is 0. The SMILES string of the molecule is CCC(NCc1cncn1C(C)C)c1ccccc1. The van der Waals surface area contributed by atoms with Crippen molar-refractivity contribution in [3.05, 3.63) is 54.1 Å². The lowest BCUT2D eigenvalue weighted by atomic mass is 10.0. The number of hydrogen-bond donors (Lipinski definition) is 1. The van der Waals surface area contributed by atoms with E-state index < -0.39 is 0 Å². The second-order valence-electron chi connectivity index (χ2n) is 5.14. The smallest absolute Gasteiger partial charge is 0.0951 e. The average molecular weight is 257 g/mol. The van der Waals surface area contributed by atoms with Crippen molar-refractivity contribution in [3.63, 3.8) is 0 Å². The van der Waals surface area contributed by atoms with Crippen molar-refractivity contribution in [2.75, 3.05) is 0 Å². The van der Waals surface area contributed by atoms with Gasteiger partial charge in [0.1, 0.15) is 0 Å². The van der Waals surface area contributed by atoms with Crippen LogP contribution in [0.2, 0.25) is 0 Å². The Balaban J connectivity index is 2.02. The van der Waals surface area contributed by atoms with E-state index in [1.165, 1.54) is 11.3 Å². The minimum Gasteiger partial charge on any atom is -0.331 e. The molecule has 0 fully saturated rings. The molecule has 1 aromatic heterocycles. The van der Waals surface area contributed by atoms with Gasteiger partial charge < -0.3 is 9.88 Å². The second-order valence-corrected chi connectivity index (χ2v) is 5.14. The van der Waals surface area contributed by atoms with Crippen molar-refractivity contribution >= 4 is 0 Å². The Bertz CT molecular complexity index is 488. The third kappa shape index (κ3) is 3.44. The van der Waals surface area contributed by atoms with Crippen LogP contribution in [-0.4, -0.2) is 9.55 Å². The predicted octanol–water partition coefficient (Wildman–Crippen LogP) is 3.70. The van der Waals surface area contributed by atoms with Crippen LogP contribution in [0.15, 0.2) is 42.9 Å². The first-order valence-corrected chi connectivity index (χ1v) is 7.01. The molecule has 2 aromatic rings. The Kier molecular flexibility index (Phi) is 4.74. The number of hydrogen-bond acceptors (Lipinski definition) is 2. The van der Waals surface area contributed by atoms with Crippen LogP contribution in [-0.2, 0) is 6.54 Å². The molecule has 1 N–H and O–H groups in total. The minimum atomic E-state index is 0.400. The summed E-state index contributed by atoms with van der Waals surface area (Å²) in [5.74, 6) is 0. The fourth-order valence-corrected chi connectivity index (χ4v) is 2.34. The van der Waals surface area contributed by atoms with Crippen LogP contribution in [0.5, 0.6) is 0 Å². The Morgan fingerprint density at radius 1 is 1.21 bits per heavy atom. The molecule has 102 valence electrons. The average Bonchev–Trinajstić information content (AvgIpc) is 2.89. The standard InChI is InChI=1S/C16H23N3/c1-4-16(14-8-6-5-7-9-14)18-11-15-10-17-12-19(15)13(2)3/h5-10,12-13,16,18H,4,11H2,1-3H3. The Morgan fingerprint density at radius 2 is 1.95 bits per heavy atom. The molecule has 0 radical (unpaired) electrons. The molecule has 0 aliphatic carbocycles. The van der Waals surface area contributed by atoms with Gasteiger partial charge in [0.05, 0.1) is 12.0 Å². The van der Waals surface area contributed by atoms with Crippen LogP contribution in [0.25, 0.3) is 0 Å². The third-order valence-corrected chi connectivity index (χ3v) is 3.44. The molecule has 0 saturated heterocycles. The summed E-state index contributed by atoms with van der Waals surface area (Å²) in [5, 5.41) is 3.62. The maximum absolute atomic E-state index is 4.24. The van der Waals surface area contributed by atoms with Gasteiger partial charge >= 0.3 is 0 Å². The van der Waals surface area contributed by atoms with Gasteiger partial charge in [0.2, 0.25) is 0 Å². The van der Waals surface area contributed by atoms with E-state index in [0.29, 0.717) is 12.1 Å². The molecule has 2 rings (SSSR count). The molecular weight excluding hydrogens is 234 g/mol. The number of rotatable bonds is 6. The molecule has 1 aromatic carbocycles. The summed E-state index contributed by atoms with van der Waals surface area (Å²) in [5.41, 5.74) is 2.59. The molecule has 1 unspecified atom stereocenters. The predicted molar refractivity (Wildman–Crippen MR) is 78.9 cm³/mol. The summed E-state index contributed by atoms with van der Waals surface area (Å²) < 4.78 is 2.21. The summed E-state index contributed by atoms with van der Waals surface area (Å²) in [6.45, 7) is 7.43. The number of imidazole rings is 1. The first kappa shape index (κ1) is 13.8. The van der Waals surface area contributed by atoms with Crippen LogP contribution < -0.4 is 5.32 Å². The molecule has 1 atom stereocenters. The number of nitrogens with one attached hydrogen (secondary N) is 1. The molecule has 0 aliphatic rings. The Labute approximate surface area is 115 Å². The highest BCUT2D eigenvalue weighted by Gasteiger charge is 2.10. The van der Waals surface area contributed by atoms with Gasteiger partial charge in [0, 0.05) is 24.8 Å². The fourth-order valence-electron chi connectivity index (χ4n) is 2.34. The zero-order chi connectivity index (χ0) is 13.7. The molecule has 0 saturated carbocycles. The molecule has 0 spiro atoms.